The van der Waals surface area contributed by atoms with Crippen LogP contribution in [0.5, 0.6) is 5.75 Å². The molecule has 0 saturated heterocycles. The molecule has 1 aromatic carbocycles. The van der Waals surface area contributed by atoms with Gasteiger partial charge in [0.05, 0.1) is 7.11 Å². The fourth-order valence-electron chi connectivity index (χ4n) is 1.33. The van der Waals surface area contributed by atoms with Gasteiger partial charge in [-0.3, -0.25) is 9.59 Å². The molecule has 0 aliphatic heterocycles. The smallest absolute Gasteiger partial charge is 0.306 e. The zero-order chi connectivity index (χ0) is 13.4. The number of carbonyl (C=O) groups is 2. The Morgan fingerprint density at radius 1 is 1.22 bits per heavy atom. The van der Waals surface area contributed by atoms with E-state index in [4.69, 9.17) is 9.47 Å². The third-order valence-electron chi connectivity index (χ3n) is 2.42. The van der Waals surface area contributed by atoms with Crippen molar-refractivity contribution in [1.82, 2.24) is 5.32 Å². The molecule has 0 aliphatic rings. The van der Waals surface area contributed by atoms with Crippen LogP contribution in [0.1, 0.15) is 12.0 Å². The lowest BCUT2D eigenvalue weighted by atomic mass is 10.1. The second kappa shape index (κ2) is 7.32. The number of ether oxygens (including phenoxy) is 2. The van der Waals surface area contributed by atoms with Crippen molar-refractivity contribution in [3.8, 4) is 5.75 Å². The first-order valence-electron chi connectivity index (χ1n) is 5.65. The summed E-state index contributed by atoms with van der Waals surface area (Å²) in [5, 5.41) is 2.38. The number of hydrogen-bond acceptors (Lipinski definition) is 4. The van der Waals surface area contributed by atoms with Crippen LogP contribution in [0.25, 0.3) is 0 Å². The number of hydrogen-bond donors (Lipinski definition) is 1. The molecular formula is C13H17NO4. The lowest BCUT2D eigenvalue weighted by Gasteiger charge is -2.05. The van der Waals surface area contributed by atoms with E-state index in [0.717, 1.165) is 11.3 Å². The van der Waals surface area contributed by atoms with Gasteiger partial charge in [-0.15, -0.1) is 0 Å². The van der Waals surface area contributed by atoms with E-state index in [0.29, 0.717) is 6.42 Å². The number of aryl methyl sites for hydroxylation is 1. The van der Waals surface area contributed by atoms with Crippen LogP contribution in [0.4, 0.5) is 0 Å². The van der Waals surface area contributed by atoms with E-state index in [9.17, 15) is 9.59 Å². The molecule has 5 nitrogen and oxygen atoms in total. The zero-order valence-corrected chi connectivity index (χ0v) is 10.6. The predicted molar refractivity (Wildman–Crippen MR) is 66.3 cm³/mol. The van der Waals surface area contributed by atoms with E-state index < -0.39 is 0 Å². The largest absolute Gasteiger partial charge is 0.497 e. The fraction of sp³-hybridized carbons (Fsp3) is 0.385. The summed E-state index contributed by atoms with van der Waals surface area (Å²) in [5.41, 5.74) is 1.02. The van der Waals surface area contributed by atoms with Gasteiger partial charge in [0, 0.05) is 13.5 Å². The van der Waals surface area contributed by atoms with Gasteiger partial charge in [0.15, 0.2) is 6.61 Å². The van der Waals surface area contributed by atoms with Gasteiger partial charge in [0.2, 0.25) is 0 Å². The Balaban J connectivity index is 2.31. The van der Waals surface area contributed by atoms with Crippen molar-refractivity contribution in [2.75, 3.05) is 20.8 Å². The molecule has 1 aromatic rings. The van der Waals surface area contributed by atoms with Crippen LogP contribution in [0.15, 0.2) is 24.3 Å². The van der Waals surface area contributed by atoms with Crippen molar-refractivity contribution >= 4 is 11.9 Å². The molecule has 5 heteroatoms. The molecule has 0 bridgehead atoms. The molecule has 18 heavy (non-hydrogen) atoms. The van der Waals surface area contributed by atoms with Gasteiger partial charge in [0.25, 0.3) is 5.91 Å². The summed E-state index contributed by atoms with van der Waals surface area (Å²) in [6.45, 7) is -0.224. The molecule has 0 aromatic heterocycles. The minimum atomic E-state index is -0.380. The third kappa shape index (κ3) is 4.86. The Morgan fingerprint density at radius 3 is 2.44 bits per heavy atom. The van der Waals surface area contributed by atoms with E-state index in [2.05, 4.69) is 5.32 Å². The first kappa shape index (κ1) is 14.0. The molecule has 0 spiro atoms. The van der Waals surface area contributed by atoms with Crippen LogP contribution in [0.3, 0.4) is 0 Å². The molecule has 98 valence electrons. The molecule has 0 atom stereocenters. The number of nitrogens with one attached hydrogen (secondary N) is 1. The zero-order valence-electron chi connectivity index (χ0n) is 10.6. The molecule has 0 heterocycles. The maximum Gasteiger partial charge on any atom is 0.306 e. The molecule has 0 unspecified atom stereocenters. The lowest BCUT2D eigenvalue weighted by molar-refractivity contribution is -0.148. The average molecular weight is 251 g/mol. The van der Waals surface area contributed by atoms with E-state index in [1.54, 1.807) is 7.11 Å². The van der Waals surface area contributed by atoms with Crippen LogP contribution in [-0.4, -0.2) is 32.6 Å². The number of methoxy groups -OCH3 is 1. The van der Waals surface area contributed by atoms with Crippen LogP contribution in [0, 0.1) is 0 Å². The number of carbonyl (C=O) groups excluding carboxylic acids is 2. The van der Waals surface area contributed by atoms with Gasteiger partial charge >= 0.3 is 5.97 Å². The highest BCUT2D eigenvalue weighted by Gasteiger charge is 2.06. The third-order valence-corrected chi connectivity index (χ3v) is 2.42. The first-order chi connectivity index (χ1) is 8.65. The predicted octanol–water partition coefficient (Wildman–Crippen LogP) is 0.917. The van der Waals surface area contributed by atoms with Crippen LogP contribution >= 0.6 is 0 Å². The van der Waals surface area contributed by atoms with E-state index in [1.807, 2.05) is 24.3 Å². The van der Waals surface area contributed by atoms with E-state index in [-0.39, 0.29) is 24.9 Å². The minimum Gasteiger partial charge on any atom is -0.497 e. The quantitative estimate of drug-likeness (QED) is 0.763. The van der Waals surface area contributed by atoms with Crippen LogP contribution < -0.4 is 10.1 Å². The SMILES string of the molecule is CNC(=O)COC(=O)CCc1ccc(OC)cc1. The van der Waals surface area contributed by atoms with E-state index in [1.165, 1.54) is 7.05 Å². The van der Waals surface area contributed by atoms with Gasteiger partial charge in [0.1, 0.15) is 5.75 Å². The summed E-state index contributed by atoms with van der Waals surface area (Å²) in [6.07, 6.45) is 0.833. The maximum atomic E-state index is 11.3. The Bertz CT molecular complexity index is 400. The summed E-state index contributed by atoms with van der Waals surface area (Å²) >= 11 is 0. The maximum absolute atomic E-state index is 11.3. The van der Waals surface area contributed by atoms with Crippen molar-refractivity contribution in [2.45, 2.75) is 12.8 Å². The van der Waals surface area contributed by atoms with Gasteiger partial charge in [-0.1, -0.05) is 12.1 Å². The highest BCUT2D eigenvalue weighted by atomic mass is 16.5. The topological polar surface area (TPSA) is 64.6 Å². The highest BCUT2D eigenvalue weighted by molar-refractivity contribution is 5.80. The summed E-state index contributed by atoms with van der Waals surface area (Å²) in [4.78, 5) is 22.2. The first-order valence-corrected chi connectivity index (χ1v) is 5.65. The normalized spacial score (nSPS) is 9.67. The lowest BCUT2D eigenvalue weighted by Crippen LogP contribution is -2.25. The molecule has 0 aliphatic carbocycles. The number of amides is 1. The molecular weight excluding hydrogens is 234 g/mol. The molecule has 1 amide bonds. The summed E-state index contributed by atoms with van der Waals surface area (Å²) in [5.74, 6) is 0.0863. The number of likely N-dealkylation sites (N-methyl/N-ethyl adjacent to an activating group) is 1. The Labute approximate surface area is 106 Å². The molecule has 0 fully saturated rings. The second-order valence-corrected chi connectivity index (χ2v) is 3.68. The van der Waals surface area contributed by atoms with Crippen molar-refractivity contribution in [2.24, 2.45) is 0 Å². The summed E-state index contributed by atoms with van der Waals surface area (Å²) in [7, 11) is 3.10. The van der Waals surface area contributed by atoms with Gasteiger partial charge in [-0.25, -0.2) is 0 Å². The Morgan fingerprint density at radius 2 is 1.89 bits per heavy atom. The molecule has 1 rings (SSSR count). The number of esters is 1. The highest BCUT2D eigenvalue weighted by Crippen LogP contribution is 2.12. The summed E-state index contributed by atoms with van der Waals surface area (Å²) < 4.78 is 9.82. The van der Waals surface area contributed by atoms with Crippen molar-refractivity contribution in [3.05, 3.63) is 29.8 Å². The standard InChI is InChI=1S/C13H17NO4/c1-14-12(15)9-18-13(16)8-5-10-3-6-11(17-2)7-4-10/h3-4,6-7H,5,8-9H2,1-2H3,(H,14,15). The van der Waals surface area contributed by atoms with Crippen molar-refractivity contribution in [1.29, 1.82) is 0 Å². The summed E-state index contributed by atoms with van der Waals surface area (Å²) in [6, 6.07) is 7.46. The minimum absolute atomic E-state index is 0.224. The fourth-order valence-corrected chi connectivity index (χ4v) is 1.33. The molecule has 0 radical (unpaired) electrons. The number of benzene rings is 1. The van der Waals surface area contributed by atoms with Crippen LogP contribution in [0.2, 0.25) is 0 Å². The molecule has 0 saturated carbocycles. The second-order valence-electron chi connectivity index (χ2n) is 3.68. The van der Waals surface area contributed by atoms with E-state index >= 15 is 0 Å². The monoisotopic (exact) mass is 251 g/mol. The van der Waals surface area contributed by atoms with Gasteiger partial charge in [-0.05, 0) is 24.1 Å². The van der Waals surface area contributed by atoms with Gasteiger partial charge in [-0.2, -0.15) is 0 Å². The average Bonchev–Trinajstić information content (AvgIpc) is 2.42. The Hall–Kier alpha value is -2.04. The molecule has 1 N–H and O–H groups in total. The van der Waals surface area contributed by atoms with Crippen molar-refractivity contribution < 1.29 is 19.1 Å². The number of rotatable bonds is 6. The van der Waals surface area contributed by atoms with Gasteiger partial charge < -0.3 is 14.8 Å². The van der Waals surface area contributed by atoms with Crippen LogP contribution in [-0.2, 0) is 20.7 Å². The van der Waals surface area contributed by atoms with Crippen molar-refractivity contribution in [3.63, 3.8) is 0 Å². The Kier molecular flexibility index (Phi) is 5.70.